The van der Waals surface area contributed by atoms with E-state index in [-0.39, 0.29) is 0 Å². The summed E-state index contributed by atoms with van der Waals surface area (Å²) in [6, 6.07) is 0. The van der Waals surface area contributed by atoms with Gasteiger partial charge in [0.25, 0.3) is 0 Å². The van der Waals surface area contributed by atoms with Gasteiger partial charge in [-0.25, -0.2) is 0 Å². The lowest BCUT2D eigenvalue weighted by Crippen LogP contribution is -2.04. The Morgan fingerprint density at radius 1 is 1.50 bits per heavy atom. The second-order valence-corrected chi connectivity index (χ2v) is 1.46. The summed E-state index contributed by atoms with van der Waals surface area (Å²) in [5.41, 5.74) is 1.66. The smallest absolute Gasteiger partial charge is 0.0331 e. The van der Waals surface area contributed by atoms with Gasteiger partial charge >= 0.3 is 0 Å². The zero-order valence-corrected chi connectivity index (χ0v) is 5.20. The number of nitrogens with one attached hydrogen (secondary N) is 1. The van der Waals surface area contributed by atoms with Crippen LogP contribution in [0.5, 0.6) is 0 Å². The second-order valence-electron chi connectivity index (χ2n) is 1.46. The van der Waals surface area contributed by atoms with Crippen LogP contribution in [0.15, 0.2) is 37.1 Å². The summed E-state index contributed by atoms with van der Waals surface area (Å²) in [4.78, 5) is 0. The molecule has 0 aromatic heterocycles. The van der Waals surface area contributed by atoms with Crippen molar-refractivity contribution in [3.05, 3.63) is 37.1 Å². The fourth-order valence-corrected chi connectivity index (χ4v) is 0.284. The molecule has 0 aliphatic rings. The Labute approximate surface area is 50.4 Å². The predicted octanol–water partition coefficient (Wildman–Crippen LogP) is 1.46. The van der Waals surface area contributed by atoms with Gasteiger partial charge in [0.1, 0.15) is 0 Å². The van der Waals surface area contributed by atoms with Gasteiger partial charge in [-0.15, -0.1) is 0 Å². The summed E-state index contributed by atoms with van der Waals surface area (Å²) in [7, 11) is 1.80. The van der Waals surface area contributed by atoms with Crippen molar-refractivity contribution >= 4 is 0 Å². The van der Waals surface area contributed by atoms with Crippen molar-refractivity contribution in [3.8, 4) is 0 Å². The molecule has 0 aliphatic heterocycles. The molecule has 0 rings (SSSR count). The highest BCUT2D eigenvalue weighted by Gasteiger charge is 1.86. The number of likely N-dealkylation sites (N-methyl/N-ethyl adjacent to an activating group) is 1. The average Bonchev–Trinajstić information content (AvgIpc) is 1.84. The third-order valence-corrected chi connectivity index (χ3v) is 0.936. The Morgan fingerprint density at radius 3 is 2.12 bits per heavy atom. The van der Waals surface area contributed by atoms with Crippen LogP contribution in [0.3, 0.4) is 0 Å². The summed E-state index contributed by atoms with van der Waals surface area (Å²) < 4.78 is 0. The van der Waals surface area contributed by atoms with Crippen LogP contribution in [0.4, 0.5) is 0 Å². The molecular formula is C7H11N. The highest BCUT2D eigenvalue weighted by Crippen LogP contribution is 1.98. The molecule has 1 N–H and O–H groups in total. The van der Waals surface area contributed by atoms with Crippen LogP contribution >= 0.6 is 0 Å². The van der Waals surface area contributed by atoms with Crippen molar-refractivity contribution in [2.75, 3.05) is 7.05 Å². The molecule has 1 heteroatoms. The van der Waals surface area contributed by atoms with E-state index in [4.69, 9.17) is 0 Å². The second kappa shape index (κ2) is 3.08. The molecule has 0 fully saturated rings. The van der Waals surface area contributed by atoms with E-state index in [0.29, 0.717) is 0 Å². The number of rotatable bonds is 3. The van der Waals surface area contributed by atoms with Crippen molar-refractivity contribution in [1.82, 2.24) is 5.32 Å². The molecule has 0 saturated carbocycles. The van der Waals surface area contributed by atoms with E-state index in [9.17, 15) is 0 Å². The molecule has 0 aliphatic carbocycles. The molecule has 1 nitrogen and oxygen atoms in total. The van der Waals surface area contributed by atoms with Gasteiger partial charge < -0.3 is 5.32 Å². The largest absolute Gasteiger partial charge is 0.388 e. The number of allylic oxidation sites excluding steroid dienone is 1. The van der Waals surface area contributed by atoms with E-state index in [0.717, 1.165) is 11.3 Å². The van der Waals surface area contributed by atoms with Gasteiger partial charge in [-0.2, -0.15) is 0 Å². The van der Waals surface area contributed by atoms with Gasteiger partial charge in [0, 0.05) is 12.7 Å². The maximum Gasteiger partial charge on any atom is 0.0331 e. The summed E-state index contributed by atoms with van der Waals surface area (Å²) in [6.45, 7) is 10.9. The van der Waals surface area contributed by atoms with Gasteiger partial charge in [-0.3, -0.25) is 0 Å². The van der Waals surface area contributed by atoms with E-state index in [1.807, 2.05) is 0 Å². The van der Waals surface area contributed by atoms with Gasteiger partial charge in [0.2, 0.25) is 0 Å². The van der Waals surface area contributed by atoms with E-state index in [2.05, 4.69) is 25.1 Å². The maximum atomic E-state index is 3.66. The molecule has 0 heterocycles. The summed E-state index contributed by atoms with van der Waals surface area (Å²) in [5.74, 6) is 0. The topological polar surface area (TPSA) is 12.0 Å². The SMILES string of the molecule is C=CC(=C)C(=C)NC. The van der Waals surface area contributed by atoms with Crippen LogP contribution in [0.25, 0.3) is 0 Å². The Morgan fingerprint density at radius 2 is 2.00 bits per heavy atom. The molecule has 0 unspecified atom stereocenters. The molecule has 0 amide bonds. The minimum Gasteiger partial charge on any atom is -0.388 e. The minimum atomic E-state index is 0.819. The zero-order chi connectivity index (χ0) is 6.57. The minimum absolute atomic E-state index is 0.819. The Hall–Kier alpha value is -0.980. The first kappa shape index (κ1) is 7.02. The molecule has 0 atom stereocenters. The van der Waals surface area contributed by atoms with Crippen LogP contribution in [-0.4, -0.2) is 7.05 Å². The van der Waals surface area contributed by atoms with Crippen LogP contribution in [-0.2, 0) is 0 Å². The Kier molecular flexibility index (Phi) is 2.70. The monoisotopic (exact) mass is 109 g/mol. The first-order valence-electron chi connectivity index (χ1n) is 2.40. The molecule has 0 saturated heterocycles. The third-order valence-electron chi connectivity index (χ3n) is 0.936. The normalized spacial score (nSPS) is 7.62. The fraction of sp³-hybridized carbons (Fsp3) is 0.143. The van der Waals surface area contributed by atoms with Crippen molar-refractivity contribution in [3.63, 3.8) is 0 Å². The van der Waals surface area contributed by atoms with E-state index >= 15 is 0 Å². The zero-order valence-electron chi connectivity index (χ0n) is 5.20. The molecule has 44 valence electrons. The quantitative estimate of drug-likeness (QED) is 0.541. The molecular weight excluding hydrogens is 98.1 g/mol. The molecule has 0 aromatic rings. The Bertz CT molecular complexity index is 122. The highest BCUT2D eigenvalue weighted by atomic mass is 14.8. The highest BCUT2D eigenvalue weighted by molar-refractivity contribution is 5.32. The van der Waals surface area contributed by atoms with E-state index in [1.54, 1.807) is 13.1 Å². The lowest BCUT2D eigenvalue weighted by molar-refractivity contribution is 1.02. The first-order valence-corrected chi connectivity index (χ1v) is 2.40. The molecule has 8 heavy (non-hydrogen) atoms. The third kappa shape index (κ3) is 1.65. The number of hydrogen-bond donors (Lipinski definition) is 1. The summed E-state index contributed by atoms with van der Waals surface area (Å²) in [6.07, 6.45) is 1.67. The molecule has 0 aromatic carbocycles. The molecule has 0 spiro atoms. The summed E-state index contributed by atoms with van der Waals surface area (Å²) >= 11 is 0. The average molecular weight is 109 g/mol. The van der Waals surface area contributed by atoms with Crippen LogP contribution < -0.4 is 5.32 Å². The fourth-order valence-electron chi connectivity index (χ4n) is 0.284. The predicted molar refractivity (Wildman–Crippen MR) is 37.5 cm³/mol. The standard InChI is InChI=1S/C7H11N/c1-5-6(2)7(3)8-4/h5,8H,1-3H2,4H3. The van der Waals surface area contributed by atoms with Gasteiger partial charge in [0.15, 0.2) is 0 Å². The number of hydrogen-bond acceptors (Lipinski definition) is 1. The maximum absolute atomic E-state index is 3.66. The van der Waals surface area contributed by atoms with Gasteiger partial charge in [-0.1, -0.05) is 25.8 Å². The summed E-state index contributed by atoms with van der Waals surface area (Å²) in [5, 5.41) is 2.85. The van der Waals surface area contributed by atoms with Crippen molar-refractivity contribution in [2.45, 2.75) is 0 Å². The lowest BCUT2D eigenvalue weighted by atomic mass is 10.2. The van der Waals surface area contributed by atoms with Crippen molar-refractivity contribution in [2.24, 2.45) is 0 Å². The Balaban J connectivity index is 3.82. The van der Waals surface area contributed by atoms with Gasteiger partial charge in [-0.05, 0) is 5.57 Å². The van der Waals surface area contributed by atoms with Crippen LogP contribution in [0.1, 0.15) is 0 Å². The molecule has 0 bridgehead atoms. The van der Waals surface area contributed by atoms with E-state index < -0.39 is 0 Å². The van der Waals surface area contributed by atoms with E-state index in [1.165, 1.54) is 0 Å². The van der Waals surface area contributed by atoms with Gasteiger partial charge in [0.05, 0.1) is 0 Å². The molecule has 0 radical (unpaired) electrons. The van der Waals surface area contributed by atoms with Crippen LogP contribution in [0.2, 0.25) is 0 Å². The van der Waals surface area contributed by atoms with Crippen molar-refractivity contribution < 1.29 is 0 Å². The first-order chi connectivity index (χ1) is 3.72. The lowest BCUT2D eigenvalue weighted by Gasteiger charge is -2.00. The van der Waals surface area contributed by atoms with Crippen molar-refractivity contribution in [1.29, 1.82) is 0 Å². The van der Waals surface area contributed by atoms with Crippen LogP contribution in [0, 0.1) is 0 Å².